The topological polar surface area (TPSA) is 60.2 Å². The van der Waals surface area contributed by atoms with Crippen LogP contribution in [-0.2, 0) is 28.0 Å². The summed E-state index contributed by atoms with van der Waals surface area (Å²) in [5, 5.41) is 0. The molecule has 3 unspecified atom stereocenters. The molecule has 1 aromatic heterocycles. The van der Waals surface area contributed by atoms with E-state index in [2.05, 4.69) is 31.2 Å². The van der Waals surface area contributed by atoms with Crippen LogP contribution in [0.15, 0.2) is 64.4 Å². The van der Waals surface area contributed by atoms with Crippen LogP contribution in [0.1, 0.15) is 44.6 Å². The Hall–Kier alpha value is -1.60. The Labute approximate surface area is 201 Å². The van der Waals surface area contributed by atoms with Crippen LogP contribution >= 0.6 is 11.3 Å². The standard InChI is InChI=1S/C26H33NO2S3/c1-4-5-7-12-22(27)18-15-19-13-16-21(17-14-19)24-26(32(3)29)25(31(2)28)23(30-24)20-10-8-6-9-11-20/h6,8-11,13-14,16-17,22H,4-5,7,12,15,18,27H2,1-3H3. The van der Waals surface area contributed by atoms with Gasteiger partial charge >= 0.3 is 0 Å². The van der Waals surface area contributed by atoms with Crippen molar-refractivity contribution in [2.45, 2.75) is 61.3 Å². The van der Waals surface area contributed by atoms with Gasteiger partial charge in [0.1, 0.15) is 0 Å². The maximum atomic E-state index is 12.7. The van der Waals surface area contributed by atoms with Crippen molar-refractivity contribution < 1.29 is 8.42 Å². The predicted molar refractivity (Wildman–Crippen MR) is 140 cm³/mol. The Morgan fingerprint density at radius 2 is 1.38 bits per heavy atom. The average molecular weight is 488 g/mol. The molecule has 6 heteroatoms. The first kappa shape index (κ1) is 25.0. The number of rotatable bonds is 11. The third-order valence-electron chi connectivity index (χ3n) is 5.63. The number of benzene rings is 2. The van der Waals surface area contributed by atoms with E-state index >= 15 is 0 Å². The van der Waals surface area contributed by atoms with Crippen molar-refractivity contribution in [3.05, 3.63) is 60.2 Å². The van der Waals surface area contributed by atoms with E-state index in [9.17, 15) is 8.42 Å². The van der Waals surface area contributed by atoms with Gasteiger partial charge in [-0.25, -0.2) is 0 Å². The average Bonchev–Trinajstić information content (AvgIpc) is 3.20. The van der Waals surface area contributed by atoms with Crippen LogP contribution < -0.4 is 5.73 Å². The third-order valence-corrected chi connectivity index (χ3v) is 9.27. The maximum Gasteiger partial charge on any atom is 0.0739 e. The summed E-state index contributed by atoms with van der Waals surface area (Å²) in [5.41, 5.74) is 9.57. The quantitative estimate of drug-likeness (QED) is 0.318. The molecule has 3 rings (SSSR count). The van der Waals surface area contributed by atoms with E-state index < -0.39 is 21.6 Å². The molecule has 0 saturated carbocycles. The maximum absolute atomic E-state index is 12.7. The van der Waals surface area contributed by atoms with Crippen molar-refractivity contribution in [1.29, 1.82) is 0 Å². The first-order valence-corrected chi connectivity index (χ1v) is 15.1. The fourth-order valence-electron chi connectivity index (χ4n) is 3.87. The van der Waals surface area contributed by atoms with Gasteiger partial charge in [0.15, 0.2) is 0 Å². The minimum atomic E-state index is -1.24. The normalized spacial score (nSPS) is 14.2. The van der Waals surface area contributed by atoms with Gasteiger partial charge < -0.3 is 5.73 Å². The van der Waals surface area contributed by atoms with Crippen LogP contribution in [0, 0.1) is 0 Å². The molecule has 0 amide bonds. The second kappa shape index (κ2) is 12.0. The minimum absolute atomic E-state index is 0.253. The Bertz CT molecular complexity index is 1060. The van der Waals surface area contributed by atoms with Gasteiger partial charge in [0.05, 0.1) is 41.1 Å². The lowest BCUT2D eigenvalue weighted by Gasteiger charge is -2.11. The van der Waals surface area contributed by atoms with Gasteiger partial charge in [-0.15, -0.1) is 11.3 Å². The van der Waals surface area contributed by atoms with E-state index in [1.165, 1.54) is 24.8 Å². The molecule has 0 bridgehead atoms. The third kappa shape index (κ3) is 6.25. The summed E-state index contributed by atoms with van der Waals surface area (Å²) in [5.74, 6) is 0. The molecule has 0 aliphatic carbocycles. The molecule has 1 heterocycles. The van der Waals surface area contributed by atoms with E-state index in [0.717, 1.165) is 40.1 Å². The molecule has 2 N–H and O–H groups in total. The smallest absolute Gasteiger partial charge is 0.0739 e. The van der Waals surface area contributed by atoms with Crippen molar-refractivity contribution in [2.24, 2.45) is 5.73 Å². The van der Waals surface area contributed by atoms with Gasteiger partial charge in [0.25, 0.3) is 0 Å². The lowest BCUT2D eigenvalue weighted by molar-refractivity contribution is 0.529. The number of nitrogens with two attached hydrogens (primary N) is 1. The number of hydrogen-bond donors (Lipinski definition) is 1. The molecule has 0 aliphatic rings. The van der Waals surface area contributed by atoms with Crippen molar-refractivity contribution >= 4 is 32.9 Å². The van der Waals surface area contributed by atoms with Gasteiger partial charge in [-0.05, 0) is 36.0 Å². The fourth-order valence-corrected chi connectivity index (χ4v) is 8.24. The Morgan fingerprint density at radius 3 is 1.91 bits per heavy atom. The van der Waals surface area contributed by atoms with Crippen LogP contribution in [0.4, 0.5) is 0 Å². The number of unbranched alkanes of at least 4 members (excludes halogenated alkanes) is 2. The number of aryl methyl sites for hydroxylation is 1. The Balaban J connectivity index is 1.87. The summed E-state index contributed by atoms with van der Waals surface area (Å²) >= 11 is 1.58. The highest BCUT2D eigenvalue weighted by Gasteiger charge is 2.25. The second-order valence-corrected chi connectivity index (χ2v) is 11.8. The highest BCUT2D eigenvalue weighted by molar-refractivity contribution is 7.88. The monoisotopic (exact) mass is 487 g/mol. The molecule has 0 saturated heterocycles. The predicted octanol–water partition coefficient (Wildman–Crippen LogP) is 6.40. The zero-order valence-corrected chi connectivity index (χ0v) is 21.6. The summed E-state index contributed by atoms with van der Waals surface area (Å²) in [6.45, 7) is 2.21. The van der Waals surface area contributed by atoms with Crippen molar-refractivity contribution in [3.8, 4) is 20.9 Å². The molecule has 3 nitrogen and oxygen atoms in total. The summed E-state index contributed by atoms with van der Waals surface area (Å²) in [6.07, 6.45) is 10.1. The fraction of sp³-hybridized carbons (Fsp3) is 0.385. The summed E-state index contributed by atoms with van der Waals surface area (Å²) < 4.78 is 25.4. The van der Waals surface area contributed by atoms with E-state index in [1.54, 1.807) is 23.8 Å². The largest absolute Gasteiger partial charge is 0.328 e. The van der Waals surface area contributed by atoms with Gasteiger partial charge in [0, 0.05) is 18.6 Å². The molecule has 3 aromatic rings. The van der Waals surface area contributed by atoms with Crippen LogP contribution in [0.3, 0.4) is 0 Å². The van der Waals surface area contributed by atoms with Gasteiger partial charge in [-0.3, -0.25) is 8.42 Å². The van der Waals surface area contributed by atoms with E-state index in [1.807, 2.05) is 30.3 Å². The summed E-state index contributed by atoms with van der Waals surface area (Å²) in [4.78, 5) is 3.27. The lowest BCUT2D eigenvalue weighted by atomic mass is 10.0. The lowest BCUT2D eigenvalue weighted by Crippen LogP contribution is -2.20. The van der Waals surface area contributed by atoms with Crippen molar-refractivity contribution in [3.63, 3.8) is 0 Å². The second-order valence-electron chi connectivity index (χ2n) is 8.18. The highest BCUT2D eigenvalue weighted by atomic mass is 32.2. The zero-order chi connectivity index (χ0) is 23.1. The molecule has 0 fully saturated rings. The molecule has 32 heavy (non-hydrogen) atoms. The van der Waals surface area contributed by atoms with Crippen molar-refractivity contribution in [1.82, 2.24) is 0 Å². The summed E-state index contributed by atoms with van der Waals surface area (Å²) in [6, 6.07) is 18.7. The first-order chi connectivity index (χ1) is 15.4. The molecular formula is C26H33NO2S3. The molecule has 0 spiro atoms. The number of thiophene rings is 1. The molecular weight excluding hydrogens is 454 g/mol. The zero-order valence-electron chi connectivity index (χ0n) is 19.1. The molecule has 0 radical (unpaired) electrons. The molecule has 0 aliphatic heterocycles. The van der Waals surface area contributed by atoms with Gasteiger partial charge in [0.2, 0.25) is 0 Å². The molecule has 3 atom stereocenters. The van der Waals surface area contributed by atoms with Crippen LogP contribution in [-0.4, -0.2) is 27.0 Å². The highest BCUT2D eigenvalue weighted by Crippen LogP contribution is 2.45. The van der Waals surface area contributed by atoms with Crippen LogP contribution in [0.25, 0.3) is 20.9 Å². The number of hydrogen-bond acceptors (Lipinski definition) is 4. The minimum Gasteiger partial charge on any atom is -0.328 e. The van der Waals surface area contributed by atoms with E-state index in [4.69, 9.17) is 5.73 Å². The summed E-state index contributed by atoms with van der Waals surface area (Å²) in [7, 11) is -2.48. The van der Waals surface area contributed by atoms with Crippen molar-refractivity contribution in [2.75, 3.05) is 12.5 Å². The van der Waals surface area contributed by atoms with Gasteiger partial charge in [-0.2, -0.15) is 0 Å². The Kier molecular flexibility index (Phi) is 9.41. The SMILES string of the molecule is CCCCCC(N)CCc1ccc(-c2sc(-c3ccccc3)c(S(C)=O)c2S(C)=O)cc1. The van der Waals surface area contributed by atoms with E-state index in [-0.39, 0.29) is 6.04 Å². The molecule has 2 aromatic carbocycles. The van der Waals surface area contributed by atoms with E-state index in [0.29, 0.717) is 9.79 Å². The van der Waals surface area contributed by atoms with Crippen LogP contribution in [0.5, 0.6) is 0 Å². The first-order valence-electron chi connectivity index (χ1n) is 11.2. The Morgan fingerprint density at radius 1 is 0.812 bits per heavy atom. The van der Waals surface area contributed by atoms with Gasteiger partial charge in [-0.1, -0.05) is 80.8 Å². The van der Waals surface area contributed by atoms with Crippen LogP contribution in [0.2, 0.25) is 0 Å². The molecule has 172 valence electrons.